The van der Waals surface area contributed by atoms with Gasteiger partial charge in [-0.25, -0.2) is 4.98 Å². The number of amides is 2. The first-order chi connectivity index (χ1) is 11.1. The summed E-state index contributed by atoms with van der Waals surface area (Å²) in [7, 11) is 0. The highest BCUT2D eigenvalue weighted by atomic mass is 16.2. The molecule has 120 valence electrons. The van der Waals surface area contributed by atoms with Crippen LogP contribution in [0.15, 0.2) is 48.7 Å². The lowest BCUT2D eigenvalue weighted by molar-refractivity contribution is -0.116. The molecule has 0 unspecified atom stereocenters. The maximum absolute atomic E-state index is 12.4. The van der Waals surface area contributed by atoms with E-state index in [2.05, 4.69) is 29.5 Å². The van der Waals surface area contributed by atoms with Gasteiger partial charge in [0.15, 0.2) is 0 Å². The van der Waals surface area contributed by atoms with Gasteiger partial charge in [-0.2, -0.15) is 0 Å². The van der Waals surface area contributed by atoms with Crippen LogP contribution in [0, 0.1) is 5.92 Å². The van der Waals surface area contributed by atoms with Crippen LogP contribution in [-0.2, 0) is 4.79 Å². The lowest BCUT2D eigenvalue weighted by Crippen LogP contribution is -2.18. The quantitative estimate of drug-likeness (QED) is 0.854. The minimum absolute atomic E-state index is 0.0863. The van der Waals surface area contributed by atoms with Crippen LogP contribution in [0.1, 0.15) is 37.0 Å². The number of para-hydroxylation sites is 1. The predicted molar refractivity (Wildman–Crippen MR) is 91.3 cm³/mol. The molecule has 0 aliphatic carbocycles. The maximum atomic E-state index is 12.4. The first-order valence-corrected chi connectivity index (χ1v) is 7.67. The van der Waals surface area contributed by atoms with E-state index < -0.39 is 0 Å². The van der Waals surface area contributed by atoms with E-state index in [-0.39, 0.29) is 11.8 Å². The van der Waals surface area contributed by atoms with Crippen molar-refractivity contribution in [1.29, 1.82) is 0 Å². The van der Waals surface area contributed by atoms with Gasteiger partial charge in [0, 0.05) is 12.6 Å². The number of rotatable bonds is 6. The molecule has 5 heteroatoms. The van der Waals surface area contributed by atoms with Crippen molar-refractivity contribution >= 4 is 23.3 Å². The second-order valence-corrected chi connectivity index (χ2v) is 5.70. The fraction of sp³-hybridized carbons (Fsp3) is 0.278. The van der Waals surface area contributed by atoms with E-state index in [9.17, 15) is 9.59 Å². The lowest BCUT2D eigenvalue weighted by Gasteiger charge is -2.11. The normalized spacial score (nSPS) is 10.4. The summed E-state index contributed by atoms with van der Waals surface area (Å²) >= 11 is 0. The third-order valence-electron chi connectivity index (χ3n) is 3.30. The van der Waals surface area contributed by atoms with Gasteiger partial charge in [0.25, 0.3) is 5.91 Å². The monoisotopic (exact) mass is 311 g/mol. The number of carbonyl (C=O) groups excluding carboxylic acids is 2. The van der Waals surface area contributed by atoms with Crippen molar-refractivity contribution in [3.8, 4) is 0 Å². The molecule has 0 spiro atoms. The Bertz CT molecular complexity index is 669. The molecule has 0 aliphatic heterocycles. The molecule has 0 atom stereocenters. The molecule has 0 radical (unpaired) electrons. The van der Waals surface area contributed by atoms with Gasteiger partial charge in [-0.05, 0) is 36.6 Å². The highest BCUT2D eigenvalue weighted by Gasteiger charge is 2.13. The molecule has 0 saturated carbocycles. The van der Waals surface area contributed by atoms with Crippen LogP contribution in [0.25, 0.3) is 0 Å². The van der Waals surface area contributed by atoms with Gasteiger partial charge in [0.1, 0.15) is 5.82 Å². The van der Waals surface area contributed by atoms with E-state index in [4.69, 9.17) is 0 Å². The van der Waals surface area contributed by atoms with Gasteiger partial charge in [0.2, 0.25) is 5.91 Å². The molecule has 1 aromatic carbocycles. The van der Waals surface area contributed by atoms with Crippen LogP contribution in [0.5, 0.6) is 0 Å². The molecule has 0 fully saturated rings. The number of hydrogen-bond donors (Lipinski definition) is 2. The Kier molecular flexibility index (Phi) is 5.86. The molecule has 2 rings (SSSR count). The number of benzene rings is 1. The van der Waals surface area contributed by atoms with E-state index in [1.54, 1.807) is 48.7 Å². The molecular weight excluding hydrogens is 290 g/mol. The summed E-state index contributed by atoms with van der Waals surface area (Å²) in [4.78, 5) is 28.4. The van der Waals surface area contributed by atoms with Crippen LogP contribution in [0.3, 0.4) is 0 Å². The van der Waals surface area contributed by atoms with Crippen molar-refractivity contribution in [2.24, 2.45) is 5.92 Å². The highest BCUT2D eigenvalue weighted by molar-refractivity contribution is 6.09. The van der Waals surface area contributed by atoms with E-state index in [0.717, 1.165) is 6.42 Å². The molecule has 0 aliphatic rings. The molecule has 23 heavy (non-hydrogen) atoms. The summed E-state index contributed by atoms with van der Waals surface area (Å²) in [6.45, 7) is 4.14. The van der Waals surface area contributed by atoms with Crippen LogP contribution in [-0.4, -0.2) is 16.8 Å². The van der Waals surface area contributed by atoms with Gasteiger partial charge >= 0.3 is 0 Å². The fourth-order valence-electron chi connectivity index (χ4n) is 2.04. The first-order valence-electron chi connectivity index (χ1n) is 7.67. The Balaban J connectivity index is 2.07. The number of carbonyl (C=O) groups is 2. The van der Waals surface area contributed by atoms with Crippen molar-refractivity contribution < 1.29 is 9.59 Å². The van der Waals surface area contributed by atoms with Gasteiger partial charge in [-0.15, -0.1) is 0 Å². The summed E-state index contributed by atoms with van der Waals surface area (Å²) < 4.78 is 0. The third-order valence-corrected chi connectivity index (χ3v) is 3.30. The van der Waals surface area contributed by atoms with Crippen LogP contribution in [0.4, 0.5) is 11.5 Å². The number of hydrogen-bond acceptors (Lipinski definition) is 3. The maximum Gasteiger partial charge on any atom is 0.258 e. The Hall–Kier alpha value is -2.69. The van der Waals surface area contributed by atoms with E-state index >= 15 is 0 Å². The SMILES string of the molecule is CC(C)CCC(=O)Nc1ccccc1C(=O)Nc1ccccn1. The predicted octanol–water partition coefficient (Wildman–Crippen LogP) is 3.71. The Morgan fingerprint density at radius 3 is 2.48 bits per heavy atom. The van der Waals surface area contributed by atoms with Gasteiger partial charge in [-0.1, -0.05) is 32.0 Å². The first kappa shape index (κ1) is 16.7. The van der Waals surface area contributed by atoms with E-state index in [0.29, 0.717) is 29.4 Å². The van der Waals surface area contributed by atoms with E-state index in [1.165, 1.54) is 0 Å². The zero-order chi connectivity index (χ0) is 16.7. The van der Waals surface area contributed by atoms with E-state index in [1.807, 2.05) is 0 Å². The molecule has 5 nitrogen and oxygen atoms in total. The molecule has 2 amide bonds. The zero-order valence-corrected chi connectivity index (χ0v) is 13.4. The number of aromatic nitrogens is 1. The summed E-state index contributed by atoms with van der Waals surface area (Å²) in [5.74, 6) is 0.544. The van der Waals surface area contributed by atoms with Gasteiger partial charge in [-0.3, -0.25) is 9.59 Å². The van der Waals surface area contributed by atoms with Crippen molar-refractivity contribution in [3.63, 3.8) is 0 Å². The standard InChI is InChI=1S/C18H21N3O2/c1-13(2)10-11-17(22)20-15-8-4-3-7-14(15)18(23)21-16-9-5-6-12-19-16/h3-9,12-13H,10-11H2,1-2H3,(H,20,22)(H,19,21,23). The van der Waals surface area contributed by atoms with Crippen molar-refractivity contribution in [2.75, 3.05) is 10.6 Å². The smallest absolute Gasteiger partial charge is 0.258 e. The largest absolute Gasteiger partial charge is 0.325 e. The van der Waals surface area contributed by atoms with Crippen molar-refractivity contribution in [2.45, 2.75) is 26.7 Å². The Labute approximate surface area is 136 Å². The van der Waals surface area contributed by atoms with Crippen LogP contribution in [0.2, 0.25) is 0 Å². The summed E-state index contributed by atoms with van der Waals surface area (Å²) in [6.07, 6.45) is 2.86. The van der Waals surface area contributed by atoms with Crippen molar-refractivity contribution in [1.82, 2.24) is 4.98 Å². The highest BCUT2D eigenvalue weighted by Crippen LogP contribution is 2.17. The summed E-state index contributed by atoms with van der Waals surface area (Å²) in [6, 6.07) is 12.2. The molecule has 0 bridgehead atoms. The topological polar surface area (TPSA) is 71.1 Å². The Morgan fingerprint density at radius 1 is 1.04 bits per heavy atom. The average Bonchev–Trinajstić information content (AvgIpc) is 2.54. The second kappa shape index (κ2) is 8.08. The van der Waals surface area contributed by atoms with Gasteiger partial charge in [0.05, 0.1) is 11.3 Å². The summed E-state index contributed by atoms with van der Waals surface area (Å²) in [5.41, 5.74) is 0.922. The third kappa shape index (κ3) is 5.21. The van der Waals surface area contributed by atoms with Crippen molar-refractivity contribution in [3.05, 3.63) is 54.2 Å². The number of nitrogens with one attached hydrogen (secondary N) is 2. The average molecular weight is 311 g/mol. The fourth-order valence-corrected chi connectivity index (χ4v) is 2.04. The minimum atomic E-state index is -0.302. The number of pyridine rings is 1. The molecule has 1 aromatic heterocycles. The van der Waals surface area contributed by atoms with Crippen LogP contribution < -0.4 is 10.6 Å². The number of anilines is 2. The summed E-state index contributed by atoms with van der Waals surface area (Å²) in [5, 5.41) is 5.53. The second-order valence-electron chi connectivity index (χ2n) is 5.70. The zero-order valence-electron chi connectivity index (χ0n) is 13.4. The molecule has 2 N–H and O–H groups in total. The Morgan fingerprint density at radius 2 is 1.78 bits per heavy atom. The number of nitrogens with zero attached hydrogens (tertiary/aromatic N) is 1. The molecule has 1 heterocycles. The molecular formula is C18H21N3O2. The molecule has 2 aromatic rings. The van der Waals surface area contributed by atoms with Crippen LogP contribution >= 0.6 is 0 Å². The minimum Gasteiger partial charge on any atom is -0.325 e. The lowest BCUT2D eigenvalue weighted by atomic mass is 10.1. The van der Waals surface area contributed by atoms with Gasteiger partial charge < -0.3 is 10.6 Å². The molecule has 0 saturated heterocycles.